The predicted octanol–water partition coefficient (Wildman–Crippen LogP) is 5.04. The van der Waals surface area contributed by atoms with Crippen LogP contribution in [-0.4, -0.2) is 29.8 Å². The maximum atomic E-state index is 14.8. The molecule has 1 N–H and O–H groups in total. The first-order chi connectivity index (χ1) is 16.0. The third-order valence-electron chi connectivity index (χ3n) is 5.96. The summed E-state index contributed by atoms with van der Waals surface area (Å²) in [5, 5.41) is 9.07. The van der Waals surface area contributed by atoms with E-state index >= 15 is 0 Å². The number of methoxy groups -OCH3 is 1. The molecule has 1 aliphatic carbocycles. The second kappa shape index (κ2) is 8.61. The summed E-state index contributed by atoms with van der Waals surface area (Å²) in [6, 6.07) is 11.8. The van der Waals surface area contributed by atoms with Crippen molar-refractivity contribution in [2.75, 3.05) is 13.7 Å². The van der Waals surface area contributed by atoms with Crippen LogP contribution in [0.3, 0.4) is 0 Å². The summed E-state index contributed by atoms with van der Waals surface area (Å²) in [7, 11) is 1.56. The Balaban J connectivity index is 1.36. The number of aromatic nitrogens is 1. The molecule has 1 aliphatic heterocycles. The molecule has 0 bridgehead atoms. The Morgan fingerprint density at radius 3 is 2.82 bits per heavy atom. The topological polar surface area (TPSA) is 87.1 Å². The largest absolute Gasteiger partial charge is 0.495 e. The van der Waals surface area contributed by atoms with Crippen molar-refractivity contribution in [1.29, 1.82) is 0 Å². The molecule has 0 fully saturated rings. The maximum Gasteiger partial charge on any atom is 0.304 e. The smallest absolute Gasteiger partial charge is 0.304 e. The summed E-state index contributed by atoms with van der Waals surface area (Å²) >= 11 is 0. The van der Waals surface area contributed by atoms with Crippen molar-refractivity contribution in [3.8, 4) is 28.9 Å². The first-order valence-electron chi connectivity index (χ1n) is 10.7. The van der Waals surface area contributed by atoms with Gasteiger partial charge >= 0.3 is 5.97 Å². The molecule has 2 heterocycles. The minimum absolute atomic E-state index is 0.0141. The number of ether oxygens (including phenoxy) is 4. The van der Waals surface area contributed by atoms with Gasteiger partial charge in [0, 0.05) is 34.7 Å². The molecule has 170 valence electrons. The number of pyridine rings is 1. The van der Waals surface area contributed by atoms with Gasteiger partial charge in [-0.3, -0.25) is 4.79 Å². The Labute approximate surface area is 189 Å². The Bertz CT molecular complexity index is 1200. The summed E-state index contributed by atoms with van der Waals surface area (Å²) < 4.78 is 37.6. The minimum atomic E-state index is -0.863. The molecule has 2 unspecified atom stereocenters. The van der Waals surface area contributed by atoms with Gasteiger partial charge in [0.05, 0.1) is 26.3 Å². The number of rotatable bonds is 7. The Morgan fingerprint density at radius 2 is 2.06 bits per heavy atom. The summed E-state index contributed by atoms with van der Waals surface area (Å²) in [4.78, 5) is 15.3. The van der Waals surface area contributed by atoms with Gasteiger partial charge in [-0.25, -0.2) is 9.37 Å². The van der Waals surface area contributed by atoms with Crippen LogP contribution in [0, 0.1) is 5.82 Å². The average molecular weight is 451 g/mol. The van der Waals surface area contributed by atoms with E-state index in [4.69, 9.17) is 24.1 Å². The number of nitrogens with zero attached hydrogens (tertiary/aromatic N) is 1. The molecule has 2 aliphatic rings. The van der Waals surface area contributed by atoms with Gasteiger partial charge < -0.3 is 24.1 Å². The van der Waals surface area contributed by atoms with Gasteiger partial charge in [0.15, 0.2) is 0 Å². The normalized spacial score (nSPS) is 18.2. The molecule has 5 rings (SSSR count). The zero-order valence-electron chi connectivity index (χ0n) is 17.9. The van der Waals surface area contributed by atoms with Crippen molar-refractivity contribution in [1.82, 2.24) is 4.98 Å². The van der Waals surface area contributed by atoms with Crippen molar-refractivity contribution in [2.24, 2.45) is 0 Å². The zero-order valence-corrected chi connectivity index (χ0v) is 17.9. The molecule has 0 saturated carbocycles. The van der Waals surface area contributed by atoms with Gasteiger partial charge in [-0.1, -0.05) is 6.07 Å². The van der Waals surface area contributed by atoms with Gasteiger partial charge in [-0.15, -0.1) is 0 Å². The molecule has 0 spiro atoms. The van der Waals surface area contributed by atoms with Crippen LogP contribution in [0.2, 0.25) is 0 Å². The zero-order chi connectivity index (χ0) is 22.9. The van der Waals surface area contributed by atoms with E-state index in [2.05, 4.69) is 4.98 Å². The van der Waals surface area contributed by atoms with Crippen molar-refractivity contribution >= 4 is 5.97 Å². The van der Waals surface area contributed by atoms with Gasteiger partial charge in [0.25, 0.3) is 0 Å². The number of halogens is 1. The van der Waals surface area contributed by atoms with Gasteiger partial charge in [-0.2, -0.15) is 0 Å². The van der Waals surface area contributed by atoms with Crippen LogP contribution in [0.15, 0.2) is 48.7 Å². The Hall–Kier alpha value is -3.81. The molecule has 8 heteroatoms. The first-order valence-corrected chi connectivity index (χ1v) is 10.7. The van der Waals surface area contributed by atoms with E-state index in [1.165, 1.54) is 6.07 Å². The second-order valence-electron chi connectivity index (χ2n) is 8.03. The van der Waals surface area contributed by atoms with Crippen molar-refractivity contribution < 1.29 is 33.2 Å². The number of fused-ring (bicyclic) bond motifs is 2. The lowest BCUT2D eigenvalue weighted by Crippen LogP contribution is -2.07. The highest BCUT2D eigenvalue weighted by Gasteiger charge is 2.32. The Morgan fingerprint density at radius 1 is 1.21 bits per heavy atom. The summed E-state index contributed by atoms with van der Waals surface area (Å²) in [5.74, 6) is 1.32. The van der Waals surface area contributed by atoms with Gasteiger partial charge in [0.1, 0.15) is 34.9 Å². The molecular formula is C25H22FNO6. The molecule has 1 aromatic heterocycles. The second-order valence-corrected chi connectivity index (χ2v) is 8.03. The number of carbonyl (C=O) groups is 1. The number of carboxylic acids is 1. The van der Waals surface area contributed by atoms with Crippen LogP contribution in [-0.2, 0) is 11.2 Å². The number of aliphatic carboxylic acids is 1. The molecule has 0 saturated heterocycles. The highest BCUT2D eigenvalue weighted by molar-refractivity contribution is 5.68. The standard InChI is InChI=1S/C25H22FNO6/c1-30-16-3-9-23(27-12-16)33-20-8-6-19(26)25-18(20)5-7-21(25)32-15-2-4-17-14(10-24(28)29)13-31-22(17)11-15/h2-4,6,8-9,11-12,14,21H,5,7,10,13H2,1H3,(H,28,29). The van der Waals surface area contributed by atoms with E-state index in [0.717, 1.165) is 11.1 Å². The van der Waals surface area contributed by atoms with Crippen molar-refractivity contribution in [3.05, 3.63) is 71.2 Å². The predicted molar refractivity (Wildman–Crippen MR) is 116 cm³/mol. The maximum absolute atomic E-state index is 14.8. The first kappa shape index (κ1) is 21.1. The number of hydrogen-bond acceptors (Lipinski definition) is 6. The van der Waals surface area contributed by atoms with Gasteiger partial charge in [-0.05, 0) is 37.1 Å². The van der Waals surface area contributed by atoms with E-state index in [1.54, 1.807) is 43.6 Å². The molecular weight excluding hydrogens is 429 g/mol. The number of hydrogen-bond donors (Lipinski definition) is 1. The van der Waals surface area contributed by atoms with Crippen LogP contribution in [0.1, 0.15) is 41.6 Å². The number of benzene rings is 2. The van der Waals surface area contributed by atoms with Crippen LogP contribution in [0.4, 0.5) is 4.39 Å². The molecule has 3 aromatic rings. The summed E-state index contributed by atoms with van der Waals surface area (Å²) in [5.41, 5.74) is 2.09. The van der Waals surface area contributed by atoms with Crippen molar-refractivity contribution in [2.45, 2.75) is 31.3 Å². The summed E-state index contributed by atoms with van der Waals surface area (Å²) in [6.07, 6.45) is 2.30. The van der Waals surface area contributed by atoms with E-state index in [0.29, 0.717) is 53.9 Å². The third kappa shape index (κ3) is 4.16. The fourth-order valence-corrected chi connectivity index (χ4v) is 4.39. The van der Waals surface area contributed by atoms with E-state index in [1.807, 2.05) is 6.07 Å². The monoisotopic (exact) mass is 451 g/mol. The van der Waals surface area contributed by atoms with Crippen molar-refractivity contribution in [3.63, 3.8) is 0 Å². The lowest BCUT2D eigenvalue weighted by Gasteiger charge is -2.17. The molecule has 2 atom stereocenters. The minimum Gasteiger partial charge on any atom is -0.495 e. The lowest BCUT2D eigenvalue weighted by molar-refractivity contribution is -0.137. The van der Waals surface area contributed by atoms with E-state index < -0.39 is 12.1 Å². The molecule has 0 amide bonds. The fraction of sp³-hybridized carbons (Fsp3) is 0.280. The summed E-state index contributed by atoms with van der Waals surface area (Å²) in [6.45, 7) is 0.325. The van der Waals surface area contributed by atoms with Crippen LogP contribution >= 0.6 is 0 Å². The van der Waals surface area contributed by atoms with Gasteiger partial charge in [0.2, 0.25) is 5.88 Å². The van der Waals surface area contributed by atoms with E-state index in [9.17, 15) is 9.18 Å². The fourth-order valence-electron chi connectivity index (χ4n) is 4.39. The molecule has 33 heavy (non-hydrogen) atoms. The third-order valence-corrected chi connectivity index (χ3v) is 5.96. The molecule has 7 nitrogen and oxygen atoms in total. The highest BCUT2D eigenvalue weighted by atomic mass is 19.1. The van der Waals surface area contributed by atoms with Crippen LogP contribution < -0.4 is 18.9 Å². The van der Waals surface area contributed by atoms with Crippen LogP contribution in [0.5, 0.6) is 28.9 Å². The van der Waals surface area contributed by atoms with Crippen LogP contribution in [0.25, 0.3) is 0 Å². The van der Waals surface area contributed by atoms with E-state index in [-0.39, 0.29) is 18.2 Å². The quantitative estimate of drug-likeness (QED) is 0.539. The molecule has 0 radical (unpaired) electrons. The SMILES string of the molecule is COc1ccc(Oc2ccc(F)c3c2CCC3Oc2ccc3c(c2)OCC3CC(=O)O)nc1. The lowest BCUT2D eigenvalue weighted by atomic mass is 9.98. The Kier molecular flexibility index (Phi) is 5.50. The average Bonchev–Trinajstić information content (AvgIpc) is 3.41. The molecule has 2 aromatic carbocycles. The number of carboxylic acid groups (broad SMARTS) is 1. The highest BCUT2D eigenvalue weighted by Crippen LogP contribution is 2.44.